The summed E-state index contributed by atoms with van der Waals surface area (Å²) in [5.41, 5.74) is 6.28. The number of para-hydroxylation sites is 1. The molecule has 1 aromatic heterocycles. The van der Waals surface area contributed by atoms with Gasteiger partial charge in [-0.15, -0.1) is 11.3 Å². The van der Waals surface area contributed by atoms with E-state index >= 15 is 0 Å². The maximum atomic E-state index is 12.7. The molecule has 0 aliphatic heterocycles. The van der Waals surface area contributed by atoms with Gasteiger partial charge in [0.2, 0.25) is 10.0 Å². The van der Waals surface area contributed by atoms with E-state index in [1.807, 2.05) is 75.4 Å². The number of hydrogen-bond donors (Lipinski definition) is 1. The lowest BCUT2D eigenvalue weighted by Crippen LogP contribution is -2.16. The predicted molar refractivity (Wildman–Crippen MR) is 122 cm³/mol. The quantitative estimate of drug-likeness (QED) is 0.440. The molecule has 0 spiro atoms. The van der Waals surface area contributed by atoms with Crippen molar-refractivity contribution >= 4 is 37.3 Å². The fourth-order valence-electron chi connectivity index (χ4n) is 3.27. The number of nitrogens with zero attached hydrogens (tertiary/aromatic N) is 1. The van der Waals surface area contributed by atoms with Gasteiger partial charge in [-0.1, -0.05) is 35.9 Å². The summed E-state index contributed by atoms with van der Waals surface area (Å²) >= 11 is 1.63. The Morgan fingerprint density at radius 3 is 2.48 bits per heavy atom. The predicted octanol–water partition coefficient (Wildman–Crippen LogP) is 5.83. The zero-order valence-electron chi connectivity index (χ0n) is 16.6. The van der Waals surface area contributed by atoms with Crippen LogP contribution in [0.3, 0.4) is 0 Å². The van der Waals surface area contributed by atoms with E-state index in [1.165, 1.54) is 0 Å². The summed E-state index contributed by atoms with van der Waals surface area (Å²) in [5.74, 6) is -0.0421. The van der Waals surface area contributed by atoms with Crippen molar-refractivity contribution in [2.45, 2.75) is 26.5 Å². The molecule has 1 N–H and O–H groups in total. The van der Waals surface area contributed by atoms with Gasteiger partial charge in [-0.2, -0.15) is 0 Å². The van der Waals surface area contributed by atoms with E-state index in [0.717, 1.165) is 43.0 Å². The van der Waals surface area contributed by atoms with Crippen molar-refractivity contribution in [3.05, 3.63) is 82.9 Å². The molecule has 0 radical (unpaired) electrons. The molecule has 0 saturated carbocycles. The van der Waals surface area contributed by atoms with E-state index in [4.69, 9.17) is 0 Å². The maximum Gasteiger partial charge on any atom is 0.236 e. The first-order chi connectivity index (χ1) is 13.8. The highest BCUT2D eigenvalue weighted by molar-refractivity contribution is 7.91. The lowest BCUT2D eigenvalue weighted by Gasteiger charge is -2.13. The van der Waals surface area contributed by atoms with Crippen LogP contribution in [0.25, 0.3) is 20.8 Å². The molecular weight excluding hydrogens is 400 g/mol. The molecular formula is C23H22N2O2S2. The zero-order chi connectivity index (χ0) is 20.6. The zero-order valence-corrected chi connectivity index (χ0v) is 18.2. The van der Waals surface area contributed by atoms with Crippen molar-refractivity contribution in [3.63, 3.8) is 0 Å². The Morgan fingerprint density at radius 2 is 1.72 bits per heavy atom. The third-order valence-electron chi connectivity index (χ3n) is 4.88. The Kier molecular flexibility index (Phi) is 5.15. The molecule has 148 valence electrons. The van der Waals surface area contributed by atoms with Gasteiger partial charge in [0.05, 0.1) is 21.7 Å². The number of rotatable bonds is 5. The van der Waals surface area contributed by atoms with E-state index in [0.29, 0.717) is 5.69 Å². The third kappa shape index (κ3) is 4.33. The molecule has 3 aromatic carbocycles. The second-order valence-corrected chi connectivity index (χ2v) is 10.1. The molecule has 4 rings (SSSR count). The number of fused-ring (bicyclic) bond motifs is 1. The van der Waals surface area contributed by atoms with Crippen molar-refractivity contribution in [3.8, 4) is 10.6 Å². The smallest absolute Gasteiger partial charge is 0.236 e. The van der Waals surface area contributed by atoms with Gasteiger partial charge in [-0.05, 0) is 67.8 Å². The summed E-state index contributed by atoms with van der Waals surface area (Å²) < 4.78 is 29.4. The van der Waals surface area contributed by atoms with Crippen LogP contribution in [-0.4, -0.2) is 13.4 Å². The molecule has 6 heteroatoms. The Bertz CT molecular complexity index is 1270. The van der Waals surface area contributed by atoms with E-state index in [2.05, 4.69) is 15.8 Å². The monoisotopic (exact) mass is 422 g/mol. The van der Waals surface area contributed by atoms with E-state index in [-0.39, 0.29) is 5.75 Å². The second kappa shape index (κ2) is 7.61. The molecule has 29 heavy (non-hydrogen) atoms. The number of anilines is 1. The lowest BCUT2D eigenvalue weighted by atomic mass is 10.1. The average molecular weight is 423 g/mol. The topological polar surface area (TPSA) is 59.1 Å². The van der Waals surface area contributed by atoms with Crippen molar-refractivity contribution < 1.29 is 8.42 Å². The number of sulfonamides is 1. The summed E-state index contributed by atoms with van der Waals surface area (Å²) in [7, 11) is -3.51. The molecule has 0 saturated heterocycles. The van der Waals surface area contributed by atoms with Crippen LogP contribution < -0.4 is 4.72 Å². The number of hydrogen-bond acceptors (Lipinski definition) is 4. The van der Waals surface area contributed by atoms with E-state index in [1.54, 1.807) is 11.3 Å². The molecule has 0 atom stereocenters. The minimum absolute atomic E-state index is 0.0421. The number of aromatic nitrogens is 1. The van der Waals surface area contributed by atoms with Crippen molar-refractivity contribution in [1.82, 2.24) is 4.98 Å². The van der Waals surface area contributed by atoms with Crippen LogP contribution in [0.5, 0.6) is 0 Å². The van der Waals surface area contributed by atoms with Gasteiger partial charge in [0.25, 0.3) is 0 Å². The molecule has 0 aliphatic carbocycles. The van der Waals surface area contributed by atoms with Gasteiger partial charge in [0.1, 0.15) is 5.01 Å². The van der Waals surface area contributed by atoms with E-state index < -0.39 is 10.0 Å². The van der Waals surface area contributed by atoms with Gasteiger partial charge >= 0.3 is 0 Å². The Morgan fingerprint density at radius 1 is 0.931 bits per heavy atom. The summed E-state index contributed by atoms with van der Waals surface area (Å²) in [6.45, 7) is 5.81. The van der Waals surface area contributed by atoms with E-state index in [9.17, 15) is 8.42 Å². The summed E-state index contributed by atoms with van der Waals surface area (Å²) in [6, 6.07) is 19.6. The largest absolute Gasteiger partial charge is 0.283 e. The first kappa shape index (κ1) is 19.6. The first-order valence-corrected chi connectivity index (χ1v) is 11.8. The molecule has 4 nitrogen and oxygen atoms in total. The van der Waals surface area contributed by atoms with Crippen molar-refractivity contribution in [2.24, 2.45) is 0 Å². The van der Waals surface area contributed by atoms with Gasteiger partial charge < -0.3 is 0 Å². The maximum absolute atomic E-state index is 12.7. The lowest BCUT2D eigenvalue weighted by molar-refractivity contribution is 0.600. The molecule has 0 fully saturated rings. The van der Waals surface area contributed by atoms with Crippen LogP contribution in [-0.2, 0) is 15.8 Å². The van der Waals surface area contributed by atoms with Gasteiger partial charge in [0.15, 0.2) is 0 Å². The molecule has 0 aliphatic rings. The second-order valence-electron chi connectivity index (χ2n) is 7.31. The highest BCUT2D eigenvalue weighted by Gasteiger charge is 2.16. The Balaban J connectivity index is 1.58. The number of nitrogens with one attached hydrogen (secondary N) is 1. The molecule has 1 heterocycles. The highest BCUT2D eigenvalue weighted by Crippen LogP contribution is 2.32. The number of aryl methyl sites for hydroxylation is 3. The molecule has 4 aromatic rings. The summed E-state index contributed by atoms with van der Waals surface area (Å²) in [6.07, 6.45) is 0. The van der Waals surface area contributed by atoms with Crippen LogP contribution in [0.1, 0.15) is 22.3 Å². The third-order valence-corrected chi connectivity index (χ3v) is 7.19. The van der Waals surface area contributed by atoms with Gasteiger partial charge in [0, 0.05) is 5.56 Å². The Hall–Kier alpha value is -2.70. The van der Waals surface area contributed by atoms with Crippen LogP contribution in [0.15, 0.2) is 60.7 Å². The normalized spacial score (nSPS) is 11.7. The van der Waals surface area contributed by atoms with Gasteiger partial charge in [-0.25, -0.2) is 13.4 Å². The first-order valence-electron chi connectivity index (χ1n) is 9.34. The molecule has 0 amide bonds. The van der Waals surface area contributed by atoms with Crippen LogP contribution in [0.4, 0.5) is 5.69 Å². The van der Waals surface area contributed by atoms with Crippen molar-refractivity contribution in [1.29, 1.82) is 0 Å². The van der Waals surface area contributed by atoms with Crippen LogP contribution >= 0.6 is 11.3 Å². The fraction of sp³-hybridized carbons (Fsp3) is 0.174. The summed E-state index contributed by atoms with van der Waals surface area (Å²) in [4.78, 5) is 4.68. The minimum atomic E-state index is -3.51. The highest BCUT2D eigenvalue weighted by atomic mass is 32.2. The standard InChI is InChI=1S/C23H22N2O2S2/c1-15-8-9-16(2)19(12-15)14-29(26,27)25-20-11-10-18(13-17(20)3)23-24-21-6-4-5-7-22(21)28-23/h4-13,25H,14H2,1-3H3. The Labute approximate surface area is 175 Å². The minimum Gasteiger partial charge on any atom is -0.283 e. The molecule has 0 unspecified atom stereocenters. The molecule has 0 bridgehead atoms. The number of thiazole rings is 1. The fourth-order valence-corrected chi connectivity index (χ4v) is 5.59. The average Bonchev–Trinajstić information content (AvgIpc) is 3.10. The van der Waals surface area contributed by atoms with Crippen molar-refractivity contribution in [2.75, 3.05) is 4.72 Å². The van der Waals surface area contributed by atoms with Crippen LogP contribution in [0.2, 0.25) is 0 Å². The SMILES string of the molecule is Cc1ccc(C)c(CS(=O)(=O)Nc2ccc(-c3nc4ccccc4s3)cc2C)c1. The summed E-state index contributed by atoms with van der Waals surface area (Å²) in [5, 5.41) is 0.930. The number of benzene rings is 3. The van der Waals surface area contributed by atoms with Crippen LogP contribution in [0, 0.1) is 20.8 Å². The van der Waals surface area contributed by atoms with Gasteiger partial charge in [-0.3, -0.25) is 4.72 Å².